The van der Waals surface area contributed by atoms with Crippen LogP contribution in [0.25, 0.3) is 0 Å². The van der Waals surface area contributed by atoms with E-state index in [0.29, 0.717) is 0 Å². The van der Waals surface area contributed by atoms with Crippen LogP contribution in [-0.4, -0.2) is 19.6 Å². The highest BCUT2D eigenvalue weighted by molar-refractivity contribution is 6.30. The number of ether oxygens (including phenoxy) is 1. The zero-order valence-electron chi connectivity index (χ0n) is 17.6. The number of fused-ring (bicyclic) bond motifs is 1. The van der Waals surface area contributed by atoms with Crippen LogP contribution in [0.4, 0.5) is 0 Å². The predicted molar refractivity (Wildman–Crippen MR) is 125 cm³/mol. The highest BCUT2D eigenvalue weighted by Crippen LogP contribution is 2.31. The van der Waals surface area contributed by atoms with Crippen molar-refractivity contribution >= 4 is 17.5 Å². The molecule has 1 amide bonds. The van der Waals surface area contributed by atoms with E-state index in [4.69, 9.17) is 16.3 Å². The molecule has 1 heterocycles. The summed E-state index contributed by atoms with van der Waals surface area (Å²) in [6, 6.07) is 23.7. The van der Waals surface area contributed by atoms with Crippen LogP contribution in [0.5, 0.6) is 5.75 Å². The zero-order valence-corrected chi connectivity index (χ0v) is 18.4. The minimum Gasteiger partial charge on any atom is -0.493 e. The van der Waals surface area contributed by atoms with Gasteiger partial charge in [-0.15, -0.1) is 0 Å². The van der Waals surface area contributed by atoms with Gasteiger partial charge in [0.25, 0.3) is 0 Å². The van der Waals surface area contributed by atoms with E-state index in [9.17, 15) is 4.79 Å². The van der Waals surface area contributed by atoms with E-state index in [1.807, 2.05) is 48.5 Å². The molecule has 0 fully saturated rings. The maximum absolute atomic E-state index is 12.8. The molecular weight excluding hydrogens is 408 g/mol. The minimum absolute atomic E-state index is 0.00378. The van der Waals surface area contributed by atoms with E-state index >= 15 is 0 Å². The molecule has 1 aliphatic heterocycles. The zero-order chi connectivity index (χ0) is 21.6. The molecule has 31 heavy (non-hydrogen) atoms. The summed E-state index contributed by atoms with van der Waals surface area (Å²) in [7, 11) is 1.68. The Morgan fingerprint density at radius 2 is 1.81 bits per heavy atom. The minimum atomic E-state index is -0.439. The van der Waals surface area contributed by atoms with E-state index < -0.39 is 6.04 Å². The second-order valence-electron chi connectivity index (χ2n) is 7.81. The largest absolute Gasteiger partial charge is 0.493 e. The Kier molecular flexibility index (Phi) is 6.90. The van der Waals surface area contributed by atoms with E-state index in [2.05, 4.69) is 34.9 Å². The van der Waals surface area contributed by atoms with Crippen LogP contribution < -0.4 is 15.4 Å². The van der Waals surface area contributed by atoms with Gasteiger partial charge in [-0.3, -0.25) is 10.1 Å². The third-order valence-electron chi connectivity index (χ3n) is 5.76. The second kappa shape index (κ2) is 9.99. The van der Waals surface area contributed by atoms with E-state index in [1.54, 1.807) is 7.05 Å². The molecule has 3 aromatic carbocycles. The Balaban J connectivity index is 1.61. The summed E-state index contributed by atoms with van der Waals surface area (Å²) in [4.78, 5) is 12.8. The number of aryl methyl sites for hydroxylation is 1. The lowest BCUT2D eigenvalue weighted by molar-refractivity contribution is -0.123. The van der Waals surface area contributed by atoms with Gasteiger partial charge in [0.1, 0.15) is 11.8 Å². The van der Waals surface area contributed by atoms with E-state index in [0.717, 1.165) is 42.2 Å². The maximum Gasteiger partial charge on any atom is 0.241 e. The number of rotatable bonds is 8. The van der Waals surface area contributed by atoms with Crippen molar-refractivity contribution in [2.45, 2.75) is 31.3 Å². The quantitative estimate of drug-likeness (QED) is 0.523. The fourth-order valence-corrected chi connectivity index (χ4v) is 4.17. The number of hydrogen-bond acceptors (Lipinski definition) is 3. The van der Waals surface area contributed by atoms with Crippen molar-refractivity contribution < 1.29 is 9.53 Å². The Bertz CT molecular complexity index is 1020. The molecule has 5 heteroatoms. The monoisotopic (exact) mass is 434 g/mol. The molecule has 0 bridgehead atoms. The SMILES string of the molecule is CNC(=O)C(N[C@H](CCc1ccc(Cl)cc1)c1ccc2c(c1)CCO2)c1ccccc1. The van der Waals surface area contributed by atoms with Crippen molar-refractivity contribution in [3.63, 3.8) is 0 Å². The first-order valence-corrected chi connectivity index (χ1v) is 11.0. The topological polar surface area (TPSA) is 50.4 Å². The predicted octanol–water partition coefficient (Wildman–Crippen LogP) is 5.03. The van der Waals surface area contributed by atoms with Crippen LogP contribution in [0.15, 0.2) is 72.8 Å². The summed E-state index contributed by atoms with van der Waals surface area (Å²) >= 11 is 6.04. The fraction of sp³-hybridized carbons (Fsp3) is 0.269. The third-order valence-corrected chi connectivity index (χ3v) is 6.01. The summed E-state index contributed by atoms with van der Waals surface area (Å²) in [5, 5.41) is 7.17. The van der Waals surface area contributed by atoms with Crippen molar-refractivity contribution in [1.82, 2.24) is 10.6 Å². The molecule has 4 rings (SSSR count). The van der Waals surface area contributed by atoms with Gasteiger partial charge in [-0.05, 0) is 53.3 Å². The molecule has 2 N–H and O–H groups in total. The second-order valence-corrected chi connectivity index (χ2v) is 8.24. The summed E-state index contributed by atoms with van der Waals surface area (Å²) < 4.78 is 5.68. The van der Waals surface area contributed by atoms with Crippen molar-refractivity contribution in [1.29, 1.82) is 0 Å². The molecule has 0 saturated carbocycles. The Labute approximate surface area is 188 Å². The van der Waals surface area contributed by atoms with Crippen LogP contribution >= 0.6 is 11.6 Å². The van der Waals surface area contributed by atoms with Gasteiger partial charge in [-0.1, -0.05) is 66.2 Å². The third kappa shape index (κ3) is 5.27. The summed E-state index contributed by atoms with van der Waals surface area (Å²) in [5.74, 6) is 0.915. The maximum atomic E-state index is 12.8. The first-order valence-electron chi connectivity index (χ1n) is 10.7. The van der Waals surface area contributed by atoms with Crippen LogP contribution in [0.1, 0.15) is 40.8 Å². The highest BCUT2D eigenvalue weighted by Gasteiger charge is 2.25. The van der Waals surface area contributed by atoms with Crippen molar-refractivity contribution in [3.05, 3.63) is 100 Å². The number of carbonyl (C=O) groups is 1. The average molecular weight is 435 g/mol. The van der Waals surface area contributed by atoms with Crippen LogP contribution in [0.2, 0.25) is 5.02 Å². The summed E-state index contributed by atoms with van der Waals surface area (Å²) in [6.45, 7) is 0.729. The number of hydrogen-bond donors (Lipinski definition) is 2. The Hall–Kier alpha value is -2.82. The first-order chi connectivity index (χ1) is 15.1. The van der Waals surface area contributed by atoms with Gasteiger partial charge in [0.2, 0.25) is 5.91 Å². The standard InChI is InChI=1S/C26H27ClN2O2/c1-28-26(30)25(19-5-3-2-4-6-19)29-23(13-9-18-7-11-22(27)12-8-18)20-10-14-24-21(17-20)15-16-31-24/h2-8,10-12,14,17,23,25,29H,9,13,15-16H2,1H3,(H,28,30)/t23-,25?/m1/s1. The molecule has 2 atom stereocenters. The van der Waals surface area contributed by atoms with Crippen LogP contribution in [0, 0.1) is 0 Å². The van der Waals surface area contributed by atoms with E-state index in [1.165, 1.54) is 16.7 Å². The molecule has 0 aromatic heterocycles. The molecule has 0 aliphatic carbocycles. The number of nitrogens with one attached hydrogen (secondary N) is 2. The molecule has 1 aliphatic rings. The number of carbonyl (C=O) groups excluding carboxylic acids is 1. The molecule has 0 saturated heterocycles. The fourth-order valence-electron chi connectivity index (χ4n) is 4.05. The normalized spacial score (nSPS) is 14.4. The summed E-state index contributed by atoms with van der Waals surface area (Å²) in [6.07, 6.45) is 2.64. The van der Waals surface area contributed by atoms with Crippen molar-refractivity contribution in [2.75, 3.05) is 13.7 Å². The molecule has 0 radical (unpaired) electrons. The first kappa shape index (κ1) is 21.4. The molecular formula is C26H27ClN2O2. The van der Waals surface area contributed by atoms with Gasteiger partial charge < -0.3 is 10.1 Å². The smallest absolute Gasteiger partial charge is 0.241 e. The lowest BCUT2D eigenvalue weighted by Crippen LogP contribution is -2.38. The number of benzene rings is 3. The number of halogens is 1. The Morgan fingerprint density at radius 3 is 2.55 bits per heavy atom. The van der Waals surface area contributed by atoms with E-state index in [-0.39, 0.29) is 11.9 Å². The lowest BCUT2D eigenvalue weighted by atomic mass is 9.95. The summed E-state index contributed by atoms with van der Waals surface area (Å²) in [5.41, 5.74) is 4.56. The van der Waals surface area contributed by atoms with Gasteiger partial charge in [-0.25, -0.2) is 0 Å². The van der Waals surface area contributed by atoms with Crippen LogP contribution in [0.3, 0.4) is 0 Å². The van der Waals surface area contributed by atoms with Gasteiger partial charge in [0, 0.05) is 24.5 Å². The van der Waals surface area contributed by atoms with Gasteiger partial charge in [-0.2, -0.15) is 0 Å². The molecule has 3 aromatic rings. The van der Waals surface area contributed by atoms with Gasteiger partial charge >= 0.3 is 0 Å². The Morgan fingerprint density at radius 1 is 1.03 bits per heavy atom. The number of likely N-dealkylation sites (N-methyl/N-ethyl adjacent to an activating group) is 1. The lowest BCUT2D eigenvalue weighted by Gasteiger charge is -2.26. The molecule has 0 spiro atoms. The van der Waals surface area contributed by atoms with Crippen LogP contribution in [-0.2, 0) is 17.6 Å². The number of amides is 1. The van der Waals surface area contributed by atoms with Crippen molar-refractivity contribution in [2.24, 2.45) is 0 Å². The molecule has 160 valence electrons. The van der Waals surface area contributed by atoms with Crippen molar-refractivity contribution in [3.8, 4) is 5.75 Å². The molecule has 1 unspecified atom stereocenters. The molecule has 4 nitrogen and oxygen atoms in total. The van der Waals surface area contributed by atoms with Gasteiger partial charge in [0.15, 0.2) is 0 Å². The van der Waals surface area contributed by atoms with Gasteiger partial charge in [0.05, 0.1) is 6.61 Å². The average Bonchev–Trinajstić information content (AvgIpc) is 3.28. The highest BCUT2D eigenvalue weighted by atomic mass is 35.5.